The highest BCUT2D eigenvalue weighted by molar-refractivity contribution is 7.14. The smallest absolute Gasteiger partial charge is 0.290 e. The van der Waals surface area contributed by atoms with E-state index < -0.39 is 6.04 Å². The van der Waals surface area contributed by atoms with Gasteiger partial charge < -0.3 is 20.0 Å². The van der Waals surface area contributed by atoms with Gasteiger partial charge in [0.15, 0.2) is 10.9 Å². The van der Waals surface area contributed by atoms with Crippen molar-refractivity contribution < 1.29 is 18.8 Å². The molecule has 1 aromatic carbocycles. The van der Waals surface area contributed by atoms with Gasteiger partial charge in [0.05, 0.1) is 18.0 Å². The average Bonchev–Trinajstić information content (AvgIpc) is 3.54. The Morgan fingerprint density at radius 3 is 2.69 bits per heavy atom. The van der Waals surface area contributed by atoms with Gasteiger partial charge in [-0.25, -0.2) is 4.98 Å². The predicted molar refractivity (Wildman–Crippen MR) is 121 cm³/mol. The first-order valence-electron chi connectivity index (χ1n) is 10.4. The molecule has 1 aliphatic heterocycles. The third-order valence-corrected chi connectivity index (χ3v) is 6.17. The van der Waals surface area contributed by atoms with E-state index in [-0.39, 0.29) is 29.5 Å². The van der Waals surface area contributed by atoms with Crippen molar-refractivity contribution in [1.82, 2.24) is 15.2 Å². The number of aromatic nitrogens is 1. The molecule has 1 fully saturated rings. The van der Waals surface area contributed by atoms with Crippen LogP contribution in [-0.4, -0.2) is 40.2 Å². The van der Waals surface area contributed by atoms with Gasteiger partial charge in [-0.05, 0) is 37.5 Å². The molecule has 0 bridgehead atoms. The van der Waals surface area contributed by atoms with Crippen LogP contribution in [0, 0.1) is 0 Å². The summed E-state index contributed by atoms with van der Waals surface area (Å²) in [5.74, 6) is -0.366. The first kappa shape index (κ1) is 21.8. The van der Waals surface area contributed by atoms with Gasteiger partial charge in [-0.15, -0.1) is 11.3 Å². The number of amides is 3. The van der Waals surface area contributed by atoms with Crippen molar-refractivity contribution in [3.63, 3.8) is 0 Å². The van der Waals surface area contributed by atoms with Crippen molar-refractivity contribution in [2.24, 2.45) is 0 Å². The summed E-state index contributed by atoms with van der Waals surface area (Å²) in [4.78, 5) is 42.8. The Morgan fingerprint density at radius 2 is 2.00 bits per heavy atom. The summed E-state index contributed by atoms with van der Waals surface area (Å²) in [5, 5.41) is 8.07. The number of nitrogens with one attached hydrogen (secondary N) is 2. The Morgan fingerprint density at radius 1 is 1.22 bits per heavy atom. The zero-order valence-corrected chi connectivity index (χ0v) is 18.6. The molecule has 8 nitrogen and oxygen atoms in total. The first-order valence-corrected chi connectivity index (χ1v) is 11.3. The summed E-state index contributed by atoms with van der Waals surface area (Å²) in [5.41, 5.74) is 2.66. The quantitative estimate of drug-likeness (QED) is 0.591. The maximum Gasteiger partial charge on any atom is 0.290 e. The van der Waals surface area contributed by atoms with E-state index in [0.717, 1.165) is 23.2 Å². The van der Waals surface area contributed by atoms with Crippen LogP contribution >= 0.6 is 11.3 Å². The van der Waals surface area contributed by atoms with Crippen LogP contribution < -0.4 is 10.6 Å². The topological polar surface area (TPSA) is 105 Å². The maximum absolute atomic E-state index is 12.8. The molecular formula is C23H24N4O4S. The lowest BCUT2D eigenvalue weighted by molar-refractivity contribution is -0.120. The van der Waals surface area contributed by atoms with Crippen LogP contribution in [0.2, 0.25) is 0 Å². The van der Waals surface area contributed by atoms with E-state index in [9.17, 15) is 14.4 Å². The molecule has 1 unspecified atom stereocenters. The Kier molecular flexibility index (Phi) is 6.36. The van der Waals surface area contributed by atoms with E-state index in [0.29, 0.717) is 18.1 Å². The SMILES string of the molecule is CC(=O)NC(C)c1ccc(-c2csc(NC(=O)[C@@H]3CCCN3C(=O)c3ccco3)n2)cc1. The molecule has 2 N–H and O–H groups in total. The minimum atomic E-state index is -0.547. The number of rotatable bonds is 6. The highest BCUT2D eigenvalue weighted by Gasteiger charge is 2.35. The summed E-state index contributed by atoms with van der Waals surface area (Å²) >= 11 is 1.34. The molecule has 3 amide bonds. The summed E-state index contributed by atoms with van der Waals surface area (Å²) in [6.07, 6.45) is 2.81. The van der Waals surface area contributed by atoms with Crippen molar-refractivity contribution in [2.75, 3.05) is 11.9 Å². The van der Waals surface area contributed by atoms with E-state index in [4.69, 9.17) is 4.42 Å². The third kappa shape index (κ3) is 4.72. The molecule has 1 aliphatic rings. The number of thiazole rings is 1. The second kappa shape index (κ2) is 9.35. The van der Waals surface area contributed by atoms with Crippen molar-refractivity contribution in [3.8, 4) is 11.3 Å². The summed E-state index contributed by atoms with van der Waals surface area (Å²) < 4.78 is 5.19. The molecule has 0 spiro atoms. The number of furan rings is 1. The van der Waals surface area contributed by atoms with Gasteiger partial charge in [-0.1, -0.05) is 24.3 Å². The van der Waals surface area contributed by atoms with Crippen LogP contribution in [-0.2, 0) is 9.59 Å². The minimum Gasteiger partial charge on any atom is -0.459 e. The molecule has 2 atom stereocenters. The van der Waals surface area contributed by atoms with Crippen molar-refractivity contribution in [3.05, 3.63) is 59.4 Å². The van der Waals surface area contributed by atoms with Gasteiger partial charge in [0.25, 0.3) is 5.91 Å². The molecule has 9 heteroatoms. The number of hydrogen-bond donors (Lipinski definition) is 2. The molecule has 0 saturated carbocycles. The fraction of sp³-hybridized carbons (Fsp3) is 0.304. The van der Waals surface area contributed by atoms with Crippen molar-refractivity contribution in [2.45, 2.75) is 38.8 Å². The fourth-order valence-electron chi connectivity index (χ4n) is 3.81. The van der Waals surface area contributed by atoms with Crippen molar-refractivity contribution >= 4 is 34.2 Å². The van der Waals surface area contributed by atoms with Gasteiger partial charge in [0, 0.05) is 24.4 Å². The Hall–Kier alpha value is -3.46. The number of hydrogen-bond acceptors (Lipinski definition) is 6. The van der Waals surface area contributed by atoms with Gasteiger partial charge in [0.2, 0.25) is 11.8 Å². The molecule has 1 saturated heterocycles. The van der Waals surface area contributed by atoms with E-state index in [2.05, 4.69) is 15.6 Å². The van der Waals surface area contributed by atoms with E-state index in [1.54, 1.807) is 17.0 Å². The van der Waals surface area contributed by atoms with Crippen LogP contribution in [0.15, 0.2) is 52.5 Å². The van der Waals surface area contributed by atoms with Crippen LogP contribution in [0.3, 0.4) is 0 Å². The fourth-order valence-corrected chi connectivity index (χ4v) is 4.53. The third-order valence-electron chi connectivity index (χ3n) is 5.41. The second-order valence-corrected chi connectivity index (χ2v) is 8.56. The van der Waals surface area contributed by atoms with Gasteiger partial charge in [-0.3, -0.25) is 14.4 Å². The Balaban J connectivity index is 1.41. The number of carbonyl (C=O) groups is 3. The lowest BCUT2D eigenvalue weighted by Gasteiger charge is -2.22. The van der Waals surface area contributed by atoms with Crippen LogP contribution in [0.5, 0.6) is 0 Å². The van der Waals surface area contributed by atoms with Gasteiger partial charge in [-0.2, -0.15) is 0 Å². The minimum absolute atomic E-state index is 0.0758. The number of anilines is 1. The average molecular weight is 453 g/mol. The summed E-state index contributed by atoms with van der Waals surface area (Å²) in [7, 11) is 0. The molecule has 2 aromatic heterocycles. The molecule has 0 aliphatic carbocycles. The van der Waals surface area contributed by atoms with Crippen LogP contribution in [0.25, 0.3) is 11.3 Å². The van der Waals surface area contributed by atoms with E-state index in [1.807, 2.05) is 36.6 Å². The molecule has 3 heterocycles. The molecule has 0 radical (unpaired) electrons. The lowest BCUT2D eigenvalue weighted by Crippen LogP contribution is -2.43. The highest BCUT2D eigenvalue weighted by atomic mass is 32.1. The van der Waals surface area contributed by atoms with Crippen molar-refractivity contribution in [1.29, 1.82) is 0 Å². The molecule has 3 aromatic rings. The predicted octanol–water partition coefficient (Wildman–Crippen LogP) is 3.84. The van der Waals surface area contributed by atoms with Crippen LogP contribution in [0.4, 0.5) is 5.13 Å². The summed E-state index contributed by atoms with van der Waals surface area (Å²) in [6.45, 7) is 3.94. The maximum atomic E-state index is 12.8. The number of benzene rings is 1. The lowest BCUT2D eigenvalue weighted by atomic mass is 10.1. The molecular weight excluding hydrogens is 428 g/mol. The second-order valence-electron chi connectivity index (χ2n) is 7.71. The first-order chi connectivity index (χ1) is 15.4. The van der Waals surface area contributed by atoms with Gasteiger partial charge >= 0.3 is 0 Å². The standard InChI is InChI=1S/C23H24N4O4S/c1-14(24-15(2)28)16-7-9-17(10-8-16)18-13-32-23(25-18)26-21(29)19-5-3-11-27(19)22(30)20-6-4-12-31-20/h4,6-10,12-14,19H,3,5,11H2,1-2H3,(H,24,28)(H,25,26,29)/t14?,19-/m0/s1. The molecule has 4 rings (SSSR count). The monoisotopic (exact) mass is 452 g/mol. The zero-order valence-electron chi connectivity index (χ0n) is 17.8. The van der Waals surface area contributed by atoms with Crippen LogP contribution in [0.1, 0.15) is 48.8 Å². The normalized spacial score (nSPS) is 16.6. The van der Waals surface area contributed by atoms with Gasteiger partial charge in [0.1, 0.15) is 6.04 Å². The Labute approximate surface area is 189 Å². The Bertz CT molecular complexity index is 1110. The largest absolute Gasteiger partial charge is 0.459 e. The number of nitrogens with zero attached hydrogens (tertiary/aromatic N) is 2. The molecule has 32 heavy (non-hydrogen) atoms. The summed E-state index contributed by atoms with van der Waals surface area (Å²) in [6, 6.07) is 10.4. The number of carbonyl (C=O) groups excluding carboxylic acids is 3. The zero-order chi connectivity index (χ0) is 22.7. The van der Waals surface area contributed by atoms with E-state index >= 15 is 0 Å². The highest BCUT2D eigenvalue weighted by Crippen LogP contribution is 2.28. The molecule has 166 valence electrons. The van der Waals surface area contributed by atoms with E-state index in [1.165, 1.54) is 24.5 Å². The number of likely N-dealkylation sites (tertiary alicyclic amines) is 1.